The molecule has 2 amide bonds. The van der Waals surface area contributed by atoms with Gasteiger partial charge in [0.25, 0.3) is 0 Å². The number of amides is 2. The van der Waals surface area contributed by atoms with Crippen LogP contribution in [0.25, 0.3) is 11.1 Å². The van der Waals surface area contributed by atoms with E-state index < -0.39 is 18.1 Å². The number of carbonyl (C=O) groups is 3. The largest absolute Gasteiger partial charge is 0.480 e. The molecule has 1 atom stereocenters. The fourth-order valence-electron chi connectivity index (χ4n) is 3.43. The quantitative estimate of drug-likeness (QED) is 0.682. The molecule has 7 heteroatoms. The van der Waals surface area contributed by atoms with E-state index in [2.05, 4.69) is 10.6 Å². The van der Waals surface area contributed by atoms with Crippen molar-refractivity contribution in [3.63, 3.8) is 0 Å². The van der Waals surface area contributed by atoms with Crippen LogP contribution in [-0.2, 0) is 14.3 Å². The molecule has 3 N–H and O–H groups in total. The highest BCUT2D eigenvalue weighted by Crippen LogP contribution is 2.44. The highest BCUT2D eigenvalue weighted by Gasteiger charge is 2.29. The van der Waals surface area contributed by atoms with Crippen molar-refractivity contribution in [3.05, 3.63) is 59.7 Å². The van der Waals surface area contributed by atoms with Crippen LogP contribution in [0.15, 0.2) is 48.5 Å². The van der Waals surface area contributed by atoms with Crippen LogP contribution in [0.2, 0.25) is 0 Å². The SMILES string of the molecule is CC(=O)NCCC(NC(=O)OCC1c2ccccc2-c2ccccc21)C(=O)O. The Balaban J connectivity index is 1.62. The maximum atomic E-state index is 12.2. The minimum Gasteiger partial charge on any atom is -0.480 e. The molecule has 0 fully saturated rings. The molecule has 1 unspecified atom stereocenters. The Morgan fingerprint density at radius 2 is 1.61 bits per heavy atom. The van der Waals surface area contributed by atoms with E-state index in [1.807, 2.05) is 48.5 Å². The van der Waals surface area contributed by atoms with Gasteiger partial charge in [-0.15, -0.1) is 0 Å². The summed E-state index contributed by atoms with van der Waals surface area (Å²) >= 11 is 0. The van der Waals surface area contributed by atoms with Crippen molar-refractivity contribution >= 4 is 18.0 Å². The number of carboxylic acid groups (broad SMARTS) is 1. The number of ether oxygens (including phenoxy) is 1. The third-order valence-electron chi connectivity index (χ3n) is 4.74. The lowest BCUT2D eigenvalue weighted by Gasteiger charge is -2.17. The molecular formula is C21H22N2O5. The van der Waals surface area contributed by atoms with Gasteiger partial charge in [0.2, 0.25) is 5.91 Å². The van der Waals surface area contributed by atoms with Crippen LogP contribution < -0.4 is 10.6 Å². The molecule has 0 bridgehead atoms. The first-order chi connectivity index (χ1) is 13.5. The summed E-state index contributed by atoms with van der Waals surface area (Å²) in [5, 5.41) is 14.1. The molecule has 3 rings (SSSR count). The standard InChI is InChI=1S/C21H22N2O5/c1-13(24)22-11-10-19(20(25)26)23-21(27)28-12-18-16-8-4-2-6-14(16)15-7-3-5-9-17(15)18/h2-9,18-19H,10-12H2,1H3,(H,22,24)(H,23,27)(H,25,26). The lowest BCUT2D eigenvalue weighted by molar-refractivity contribution is -0.139. The van der Waals surface area contributed by atoms with Gasteiger partial charge in [0.05, 0.1) is 0 Å². The molecule has 7 nitrogen and oxygen atoms in total. The Labute approximate surface area is 162 Å². The molecule has 0 saturated carbocycles. The molecule has 1 aliphatic carbocycles. The highest BCUT2D eigenvalue weighted by molar-refractivity contribution is 5.81. The van der Waals surface area contributed by atoms with Crippen molar-refractivity contribution in [1.82, 2.24) is 10.6 Å². The summed E-state index contributed by atoms with van der Waals surface area (Å²) < 4.78 is 5.35. The highest BCUT2D eigenvalue weighted by atomic mass is 16.5. The van der Waals surface area contributed by atoms with Gasteiger partial charge in [-0.2, -0.15) is 0 Å². The van der Waals surface area contributed by atoms with Crippen LogP contribution >= 0.6 is 0 Å². The fraction of sp³-hybridized carbons (Fsp3) is 0.286. The second-order valence-corrected chi connectivity index (χ2v) is 6.63. The number of alkyl carbamates (subject to hydrolysis) is 1. The van der Waals surface area contributed by atoms with E-state index in [1.54, 1.807) is 0 Å². The molecule has 0 spiro atoms. The van der Waals surface area contributed by atoms with E-state index in [0.29, 0.717) is 0 Å². The van der Waals surface area contributed by atoms with E-state index in [1.165, 1.54) is 6.92 Å². The molecule has 0 heterocycles. The smallest absolute Gasteiger partial charge is 0.407 e. The monoisotopic (exact) mass is 382 g/mol. The average Bonchev–Trinajstić information content (AvgIpc) is 2.99. The van der Waals surface area contributed by atoms with Crippen molar-refractivity contribution < 1.29 is 24.2 Å². The van der Waals surface area contributed by atoms with Crippen LogP contribution in [0.4, 0.5) is 4.79 Å². The molecule has 0 saturated heterocycles. The predicted octanol–water partition coefficient (Wildman–Crippen LogP) is 2.50. The summed E-state index contributed by atoms with van der Waals surface area (Å²) in [6.45, 7) is 1.60. The van der Waals surface area contributed by atoms with Crippen LogP contribution in [0, 0.1) is 0 Å². The number of rotatable bonds is 7. The zero-order valence-electron chi connectivity index (χ0n) is 15.5. The first-order valence-electron chi connectivity index (χ1n) is 9.06. The minimum atomic E-state index is -1.18. The van der Waals surface area contributed by atoms with Gasteiger partial charge in [0, 0.05) is 19.4 Å². The van der Waals surface area contributed by atoms with E-state index in [4.69, 9.17) is 4.74 Å². The van der Waals surface area contributed by atoms with Gasteiger partial charge in [-0.1, -0.05) is 48.5 Å². The number of aliphatic carboxylic acids is 1. The van der Waals surface area contributed by atoms with E-state index >= 15 is 0 Å². The summed E-state index contributed by atoms with van der Waals surface area (Å²) in [4.78, 5) is 34.4. The van der Waals surface area contributed by atoms with Crippen LogP contribution in [-0.4, -0.2) is 42.3 Å². The summed E-state index contributed by atoms with van der Waals surface area (Å²) in [7, 11) is 0. The van der Waals surface area contributed by atoms with Gasteiger partial charge < -0.3 is 20.5 Å². The second-order valence-electron chi connectivity index (χ2n) is 6.63. The zero-order chi connectivity index (χ0) is 20.1. The lowest BCUT2D eigenvalue weighted by Crippen LogP contribution is -2.43. The van der Waals surface area contributed by atoms with Gasteiger partial charge in [0.15, 0.2) is 0 Å². The summed E-state index contributed by atoms with van der Waals surface area (Å²) in [6, 6.07) is 14.8. The lowest BCUT2D eigenvalue weighted by atomic mass is 9.98. The number of hydrogen-bond acceptors (Lipinski definition) is 4. The Kier molecular flexibility index (Phi) is 5.93. The van der Waals surface area contributed by atoms with Crippen LogP contribution in [0.1, 0.15) is 30.4 Å². The Bertz CT molecular complexity index is 850. The third kappa shape index (κ3) is 4.31. The van der Waals surface area contributed by atoms with Crippen molar-refractivity contribution in [1.29, 1.82) is 0 Å². The summed E-state index contributed by atoms with van der Waals surface area (Å²) in [6.07, 6.45) is -0.726. The van der Waals surface area contributed by atoms with Crippen LogP contribution in [0.3, 0.4) is 0 Å². The normalized spacial score (nSPS) is 13.2. The van der Waals surface area contributed by atoms with Crippen molar-refractivity contribution in [3.8, 4) is 11.1 Å². The molecular weight excluding hydrogens is 360 g/mol. The molecule has 0 aromatic heterocycles. The zero-order valence-corrected chi connectivity index (χ0v) is 15.5. The van der Waals surface area contributed by atoms with E-state index in [0.717, 1.165) is 22.3 Å². The molecule has 0 aliphatic heterocycles. The summed E-state index contributed by atoms with van der Waals surface area (Å²) in [5.74, 6) is -1.54. The van der Waals surface area contributed by atoms with Crippen molar-refractivity contribution in [2.75, 3.05) is 13.2 Å². The number of carboxylic acids is 1. The van der Waals surface area contributed by atoms with Gasteiger partial charge in [-0.05, 0) is 28.7 Å². The maximum Gasteiger partial charge on any atom is 0.407 e. The van der Waals surface area contributed by atoms with Gasteiger partial charge in [-0.25, -0.2) is 9.59 Å². The van der Waals surface area contributed by atoms with E-state index in [9.17, 15) is 19.5 Å². The maximum absolute atomic E-state index is 12.2. The average molecular weight is 382 g/mol. The Morgan fingerprint density at radius 3 is 2.14 bits per heavy atom. The molecule has 28 heavy (non-hydrogen) atoms. The molecule has 2 aromatic rings. The Morgan fingerprint density at radius 1 is 1.04 bits per heavy atom. The topological polar surface area (TPSA) is 105 Å². The number of hydrogen-bond donors (Lipinski definition) is 3. The van der Waals surface area contributed by atoms with Crippen molar-refractivity contribution in [2.45, 2.75) is 25.3 Å². The molecule has 2 aromatic carbocycles. The van der Waals surface area contributed by atoms with Crippen LogP contribution in [0.5, 0.6) is 0 Å². The first-order valence-corrected chi connectivity index (χ1v) is 9.06. The number of fused-ring (bicyclic) bond motifs is 3. The third-order valence-corrected chi connectivity index (χ3v) is 4.74. The molecule has 0 radical (unpaired) electrons. The number of nitrogens with one attached hydrogen (secondary N) is 2. The molecule has 146 valence electrons. The van der Waals surface area contributed by atoms with Gasteiger partial charge >= 0.3 is 12.1 Å². The number of benzene rings is 2. The predicted molar refractivity (Wildman–Crippen MR) is 103 cm³/mol. The minimum absolute atomic E-state index is 0.0686. The Hall–Kier alpha value is -3.35. The van der Waals surface area contributed by atoms with Gasteiger partial charge in [0.1, 0.15) is 12.6 Å². The van der Waals surface area contributed by atoms with Crippen molar-refractivity contribution in [2.24, 2.45) is 0 Å². The van der Waals surface area contributed by atoms with E-state index in [-0.39, 0.29) is 31.4 Å². The van der Waals surface area contributed by atoms with Gasteiger partial charge in [-0.3, -0.25) is 4.79 Å². The summed E-state index contributed by atoms with van der Waals surface area (Å²) in [5.41, 5.74) is 4.39. The second kappa shape index (κ2) is 8.56. The number of carbonyl (C=O) groups excluding carboxylic acids is 2. The fourth-order valence-corrected chi connectivity index (χ4v) is 3.43. The molecule has 1 aliphatic rings. The first kappa shape index (κ1) is 19.4.